The molecule has 34 heavy (non-hydrogen) atoms. The van der Waals surface area contributed by atoms with Crippen LogP contribution >= 0.6 is 0 Å². The fourth-order valence-electron chi connectivity index (χ4n) is 4.04. The van der Waals surface area contributed by atoms with Gasteiger partial charge in [0, 0.05) is 6.20 Å². The van der Waals surface area contributed by atoms with Gasteiger partial charge in [0.1, 0.15) is 12.4 Å². The average molecular weight is 444 g/mol. The molecule has 0 N–H and O–H groups in total. The summed E-state index contributed by atoms with van der Waals surface area (Å²) in [5.41, 5.74) is 5.74. The van der Waals surface area contributed by atoms with Crippen LogP contribution in [0.1, 0.15) is 11.1 Å². The van der Waals surface area contributed by atoms with Crippen molar-refractivity contribution in [1.29, 1.82) is 0 Å². The molecule has 0 fully saturated rings. The number of benzene rings is 4. The van der Waals surface area contributed by atoms with Gasteiger partial charge in [-0.05, 0) is 33.9 Å². The molecular formula is C31H25NO2. The Morgan fingerprint density at radius 3 is 1.74 bits per heavy atom. The third-order valence-corrected chi connectivity index (χ3v) is 5.84. The van der Waals surface area contributed by atoms with Crippen molar-refractivity contribution in [2.75, 3.05) is 0 Å². The Kier molecular flexibility index (Phi) is 6.35. The van der Waals surface area contributed by atoms with Crippen LogP contribution in [-0.2, 0) is 13.2 Å². The van der Waals surface area contributed by atoms with Crippen LogP contribution < -0.4 is 10.3 Å². The Morgan fingerprint density at radius 1 is 0.559 bits per heavy atom. The highest BCUT2D eigenvalue weighted by Crippen LogP contribution is 2.29. The second-order valence-corrected chi connectivity index (χ2v) is 8.19. The molecule has 0 bridgehead atoms. The van der Waals surface area contributed by atoms with Gasteiger partial charge in [0.05, 0.1) is 12.1 Å². The minimum atomic E-state index is -0.0677. The highest BCUT2D eigenvalue weighted by molar-refractivity contribution is 5.73. The Hall–Kier alpha value is -4.37. The third kappa shape index (κ3) is 4.84. The van der Waals surface area contributed by atoms with Crippen LogP contribution in [0.15, 0.2) is 132 Å². The second-order valence-electron chi connectivity index (χ2n) is 8.19. The molecule has 0 aliphatic rings. The molecule has 0 unspecified atom stereocenters. The van der Waals surface area contributed by atoms with Crippen LogP contribution in [-0.4, -0.2) is 4.57 Å². The minimum Gasteiger partial charge on any atom is -0.488 e. The van der Waals surface area contributed by atoms with Crippen LogP contribution in [0.3, 0.4) is 0 Å². The maximum atomic E-state index is 13.6. The highest BCUT2D eigenvalue weighted by atomic mass is 16.5. The molecule has 1 aromatic heterocycles. The number of nitrogens with zero attached hydrogens (tertiary/aromatic N) is 1. The van der Waals surface area contributed by atoms with Crippen molar-refractivity contribution in [3.63, 3.8) is 0 Å². The van der Waals surface area contributed by atoms with Gasteiger partial charge < -0.3 is 9.30 Å². The molecule has 4 aromatic carbocycles. The quantitative estimate of drug-likeness (QED) is 0.277. The molecule has 0 aliphatic heterocycles. The minimum absolute atomic E-state index is 0.0677. The van der Waals surface area contributed by atoms with E-state index in [-0.39, 0.29) is 5.56 Å². The van der Waals surface area contributed by atoms with Gasteiger partial charge in [-0.25, -0.2) is 0 Å². The first-order chi connectivity index (χ1) is 16.8. The van der Waals surface area contributed by atoms with E-state index in [1.807, 2.05) is 103 Å². The van der Waals surface area contributed by atoms with Crippen molar-refractivity contribution in [2.24, 2.45) is 0 Å². The van der Waals surface area contributed by atoms with E-state index >= 15 is 0 Å². The molecule has 3 heteroatoms. The van der Waals surface area contributed by atoms with Gasteiger partial charge in [-0.3, -0.25) is 4.79 Å². The summed E-state index contributed by atoms with van der Waals surface area (Å²) >= 11 is 0. The highest BCUT2D eigenvalue weighted by Gasteiger charge is 2.15. The number of ether oxygens (including phenoxy) is 1. The first-order valence-electron chi connectivity index (χ1n) is 11.4. The van der Waals surface area contributed by atoms with Crippen molar-refractivity contribution in [3.05, 3.63) is 149 Å². The van der Waals surface area contributed by atoms with E-state index < -0.39 is 0 Å². The zero-order valence-corrected chi connectivity index (χ0v) is 18.8. The van der Waals surface area contributed by atoms with Gasteiger partial charge in [0.15, 0.2) is 0 Å². The van der Waals surface area contributed by atoms with Crippen molar-refractivity contribution in [3.8, 4) is 28.0 Å². The zero-order valence-electron chi connectivity index (χ0n) is 18.8. The Bertz CT molecular complexity index is 1410. The lowest BCUT2D eigenvalue weighted by atomic mass is 10.0. The lowest BCUT2D eigenvalue weighted by molar-refractivity contribution is 0.306. The zero-order chi connectivity index (χ0) is 23.2. The van der Waals surface area contributed by atoms with Gasteiger partial charge in [0.2, 0.25) is 0 Å². The van der Waals surface area contributed by atoms with Crippen LogP contribution in [0.4, 0.5) is 0 Å². The summed E-state index contributed by atoms with van der Waals surface area (Å²) in [6, 6.07) is 40.2. The monoisotopic (exact) mass is 443 g/mol. The van der Waals surface area contributed by atoms with E-state index in [4.69, 9.17) is 4.74 Å². The van der Waals surface area contributed by atoms with E-state index in [1.165, 1.54) is 0 Å². The molecule has 0 saturated heterocycles. The topological polar surface area (TPSA) is 31.2 Å². The van der Waals surface area contributed by atoms with E-state index in [1.54, 1.807) is 4.57 Å². The van der Waals surface area contributed by atoms with Crippen LogP contribution in [0.2, 0.25) is 0 Å². The predicted molar refractivity (Wildman–Crippen MR) is 138 cm³/mol. The number of pyridine rings is 1. The SMILES string of the molecule is O=c1c(-c2ccc(-c3ccccc3)cc2)c(OCc2ccccc2)ccn1Cc1ccccc1. The largest absolute Gasteiger partial charge is 0.488 e. The Balaban J connectivity index is 1.52. The number of hydrogen-bond donors (Lipinski definition) is 0. The molecule has 166 valence electrons. The van der Waals surface area contributed by atoms with Crippen LogP contribution in [0.5, 0.6) is 5.75 Å². The lowest BCUT2D eigenvalue weighted by Crippen LogP contribution is -2.22. The summed E-state index contributed by atoms with van der Waals surface area (Å²) in [6.07, 6.45) is 1.82. The molecule has 0 spiro atoms. The standard InChI is InChI=1S/C31H25NO2/c33-31-30(28-18-16-27(17-19-28)26-14-8-3-9-15-26)29(34-23-25-12-6-2-7-13-25)20-21-32(31)22-24-10-4-1-5-11-24/h1-21H,22-23H2. The maximum Gasteiger partial charge on any atom is 0.262 e. The van der Waals surface area contributed by atoms with Crippen LogP contribution in [0.25, 0.3) is 22.3 Å². The summed E-state index contributed by atoms with van der Waals surface area (Å²) in [5, 5.41) is 0. The Labute approximate surface area is 199 Å². The summed E-state index contributed by atoms with van der Waals surface area (Å²) < 4.78 is 7.91. The predicted octanol–water partition coefficient (Wildman–Crippen LogP) is 6.81. The normalized spacial score (nSPS) is 10.7. The van der Waals surface area contributed by atoms with E-state index in [0.29, 0.717) is 24.5 Å². The van der Waals surface area contributed by atoms with Gasteiger partial charge in [-0.2, -0.15) is 0 Å². The molecule has 5 aromatic rings. The summed E-state index contributed by atoms with van der Waals surface area (Å²) in [4.78, 5) is 13.6. The van der Waals surface area contributed by atoms with Gasteiger partial charge in [-0.15, -0.1) is 0 Å². The van der Waals surface area contributed by atoms with Crippen LogP contribution in [0, 0.1) is 0 Å². The smallest absolute Gasteiger partial charge is 0.262 e. The second kappa shape index (κ2) is 10.1. The number of hydrogen-bond acceptors (Lipinski definition) is 2. The molecule has 0 amide bonds. The third-order valence-electron chi connectivity index (χ3n) is 5.84. The number of aromatic nitrogens is 1. The van der Waals surface area contributed by atoms with E-state index in [0.717, 1.165) is 27.8 Å². The molecule has 1 heterocycles. The fourth-order valence-corrected chi connectivity index (χ4v) is 4.04. The van der Waals surface area contributed by atoms with Crippen molar-refractivity contribution < 1.29 is 4.74 Å². The molecule has 5 rings (SSSR count). The summed E-state index contributed by atoms with van der Waals surface area (Å²) in [7, 11) is 0. The Morgan fingerprint density at radius 2 is 1.09 bits per heavy atom. The van der Waals surface area contributed by atoms with Crippen molar-refractivity contribution in [1.82, 2.24) is 4.57 Å². The molecule has 3 nitrogen and oxygen atoms in total. The van der Waals surface area contributed by atoms with Crippen molar-refractivity contribution in [2.45, 2.75) is 13.2 Å². The van der Waals surface area contributed by atoms with E-state index in [9.17, 15) is 4.79 Å². The van der Waals surface area contributed by atoms with Gasteiger partial charge in [-0.1, -0.05) is 115 Å². The van der Waals surface area contributed by atoms with Crippen molar-refractivity contribution >= 4 is 0 Å². The lowest BCUT2D eigenvalue weighted by Gasteiger charge is -2.15. The maximum absolute atomic E-state index is 13.6. The molecule has 0 radical (unpaired) electrons. The molecular weight excluding hydrogens is 418 g/mol. The summed E-state index contributed by atoms with van der Waals surface area (Å²) in [6.45, 7) is 0.909. The fraction of sp³-hybridized carbons (Fsp3) is 0.0645. The number of rotatable bonds is 7. The summed E-state index contributed by atoms with van der Waals surface area (Å²) in [5.74, 6) is 0.589. The van der Waals surface area contributed by atoms with Gasteiger partial charge in [0.25, 0.3) is 5.56 Å². The first-order valence-corrected chi connectivity index (χ1v) is 11.4. The molecule has 0 aliphatic carbocycles. The molecule has 0 atom stereocenters. The van der Waals surface area contributed by atoms with Gasteiger partial charge >= 0.3 is 0 Å². The molecule has 0 saturated carbocycles. The first kappa shape index (κ1) is 21.5. The van der Waals surface area contributed by atoms with E-state index in [2.05, 4.69) is 24.3 Å². The average Bonchev–Trinajstić information content (AvgIpc) is 2.91.